The highest BCUT2D eigenvalue weighted by molar-refractivity contribution is 7.09. The van der Waals surface area contributed by atoms with Gasteiger partial charge in [0.05, 0.1) is 20.8 Å². The topological polar surface area (TPSA) is 105 Å². The Morgan fingerprint density at radius 1 is 1.14 bits per heavy atom. The Morgan fingerprint density at radius 2 is 1.79 bits per heavy atom. The molecule has 0 radical (unpaired) electrons. The van der Waals surface area contributed by atoms with Gasteiger partial charge >= 0.3 is 5.97 Å². The molecule has 2 N–H and O–H groups in total. The van der Waals surface area contributed by atoms with E-state index >= 15 is 0 Å². The minimum atomic E-state index is -1.08. The van der Waals surface area contributed by atoms with Gasteiger partial charge in [-0.05, 0) is 29.8 Å². The van der Waals surface area contributed by atoms with E-state index in [0.717, 1.165) is 5.56 Å². The minimum absolute atomic E-state index is 0.00796. The Morgan fingerprint density at radius 3 is 2.34 bits per heavy atom. The van der Waals surface area contributed by atoms with Crippen LogP contribution in [0.25, 0.3) is 0 Å². The third-order valence-electron chi connectivity index (χ3n) is 4.26. The third kappa shape index (κ3) is 5.29. The fourth-order valence-corrected chi connectivity index (χ4v) is 3.59. The molecule has 0 bridgehead atoms. The Labute approximate surface area is 172 Å². The number of hydrogen-bond donors (Lipinski definition) is 2. The number of pyridine rings is 1. The first-order valence-electron chi connectivity index (χ1n) is 8.72. The van der Waals surface area contributed by atoms with Crippen LogP contribution in [0.15, 0.2) is 48.1 Å². The van der Waals surface area contributed by atoms with Gasteiger partial charge in [-0.15, -0.1) is 11.3 Å². The number of ether oxygens (including phenoxy) is 2. The van der Waals surface area contributed by atoms with Crippen LogP contribution in [-0.2, 0) is 13.1 Å². The van der Waals surface area contributed by atoms with Crippen molar-refractivity contribution in [2.24, 2.45) is 0 Å². The van der Waals surface area contributed by atoms with Crippen molar-refractivity contribution >= 4 is 17.3 Å². The minimum Gasteiger partial charge on any atom is -0.497 e. The monoisotopic (exact) mass is 415 g/mol. The number of methoxy groups -OCH3 is 2. The normalized spacial score (nSPS) is 12.0. The average molecular weight is 415 g/mol. The van der Waals surface area contributed by atoms with Gasteiger partial charge in [-0.1, -0.05) is 0 Å². The maximum Gasteiger partial charge on any atom is 0.355 e. The van der Waals surface area contributed by atoms with Crippen molar-refractivity contribution in [3.8, 4) is 11.5 Å². The van der Waals surface area contributed by atoms with Crippen molar-refractivity contribution < 1.29 is 24.5 Å². The lowest BCUT2D eigenvalue weighted by molar-refractivity contribution is -0.0109. The van der Waals surface area contributed by atoms with Gasteiger partial charge in [0.2, 0.25) is 0 Å². The van der Waals surface area contributed by atoms with Crippen LogP contribution in [-0.4, -0.2) is 45.3 Å². The third-order valence-corrected chi connectivity index (χ3v) is 5.10. The number of benzene rings is 1. The lowest BCUT2D eigenvalue weighted by atomic mass is 10.1. The van der Waals surface area contributed by atoms with Gasteiger partial charge < -0.3 is 19.7 Å². The Bertz CT molecular complexity index is 942. The molecule has 0 saturated carbocycles. The summed E-state index contributed by atoms with van der Waals surface area (Å²) in [5.41, 5.74) is 1.53. The van der Waals surface area contributed by atoms with Gasteiger partial charge in [-0.25, -0.2) is 9.78 Å². The van der Waals surface area contributed by atoms with Gasteiger partial charge in [-0.2, -0.15) is 0 Å². The smallest absolute Gasteiger partial charge is 0.355 e. The number of carboxylic acids is 1. The molecule has 1 aromatic carbocycles. The molecule has 8 nitrogen and oxygen atoms in total. The summed E-state index contributed by atoms with van der Waals surface area (Å²) in [6.07, 6.45) is 2.37. The number of aliphatic hydroxyl groups is 1. The zero-order chi connectivity index (χ0) is 20.8. The second kappa shape index (κ2) is 9.46. The van der Waals surface area contributed by atoms with Crippen LogP contribution in [0, 0.1) is 0 Å². The number of carbonyl (C=O) groups is 1. The van der Waals surface area contributed by atoms with E-state index in [0.29, 0.717) is 28.6 Å². The molecular weight excluding hydrogens is 394 g/mol. The molecule has 0 aliphatic rings. The van der Waals surface area contributed by atoms with Crippen LogP contribution in [0.5, 0.6) is 11.5 Å². The van der Waals surface area contributed by atoms with E-state index in [1.54, 1.807) is 49.7 Å². The second-order valence-electron chi connectivity index (χ2n) is 6.21. The van der Waals surface area contributed by atoms with E-state index in [-0.39, 0.29) is 12.2 Å². The van der Waals surface area contributed by atoms with Crippen molar-refractivity contribution in [1.29, 1.82) is 0 Å². The molecule has 0 spiro atoms. The quantitative estimate of drug-likeness (QED) is 0.514. The largest absolute Gasteiger partial charge is 0.497 e. The summed E-state index contributed by atoms with van der Waals surface area (Å²) in [4.78, 5) is 21.1. The van der Waals surface area contributed by atoms with Crippen LogP contribution in [0.4, 0.5) is 0 Å². The summed E-state index contributed by atoms with van der Waals surface area (Å²) in [5, 5.41) is 22.3. The zero-order valence-corrected chi connectivity index (χ0v) is 16.8. The van der Waals surface area contributed by atoms with Crippen LogP contribution in [0.2, 0.25) is 0 Å². The van der Waals surface area contributed by atoms with Crippen LogP contribution in [0.1, 0.15) is 32.9 Å². The van der Waals surface area contributed by atoms with E-state index < -0.39 is 12.2 Å². The predicted molar refractivity (Wildman–Crippen MR) is 107 cm³/mol. The molecule has 2 heterocycles. The molecule has 0 aliphatic carbocycles. The number of carboxylic acid groups (broad SMARTS) is 1. The molecule has 2 aromatic heterocycles. The number of hydrogen-bond acceptors (Lipinski definition) is 8. The van der Waals surface area contributed by atoms with E-state index in [1.165, 1.54) is 16.7 Å². The van der Waals surface area contributed by atoms with Crippen LogP contribution < -0.4 is 9.47 Å². The van der Waals surface area contributed by atoms with E-state index in [1.807, 2.05) is 12.1 Å². The standard InChI is InChI=1S/C20H21N3O5S/c1-27-15-7-14(8-16(9-15)28-2)19(24)23(10-13-3-5-21-6-4-13)11-18-22-17(12-29-18)20(25)26/h3-9,12,19,24H,10-11H2,1-2H3,(H,25,26). The van der Waals surface area contributed by atoms with Crippen molar-refractivity contribution in [1.82, 2.24) is 14.9 Å². The number of thiazole rings is 1. The van der Waals surface area contributed by atoms with Crippen molar-refractivity contribution in [3.63, 3.8) is 0 Å². The van der Waals surface area contributed by atoms with Crippen molar-refractivity contribution in [3.05, 3.63) is 69.9 Å². The van der Waals surface area contributed by atoms with E-state index in [4.69, 9.17) is 14.6 Å². The molecule has 0 amide bonds. The van der Waals surface area contributed by atoms with E-state index in [9.17, 15) is 9.90 Å². The van der Waals surface area contributed by atoms with Gasteiger partial charge in [0.15, 0.2) is 5.69 Å². The summed E-state index contributed by atoms with van der Waals surface area (Å²) in [6.45, 7) is 0.673. The Balaban J connectivity index is 1.91. The second-order valence-corrected chi connectivity index (χ2v) is 7.15. The first kappa shape index (κ1) is 20.7. The Hall–Kier alpha value is -3.01. The average Bonchev–Trinajstić information content (AvgIpc) is 3.22. The van der Waals surface area contributed by atoms with Crippen molar-refractivity contribution in [2.75, 3.05) is 14.2 Å². The molecule has 152 valence electrons. The number of aliphatic hydroxyl groups excluding tert-OH is 1. The first-order chi connectivity index (χ1) is 14.0. The zero-order valence-electron chi connectivity index (χ0n) is 16.0. The fourth-order valence-electron chi connectivity index (χ4n) is 2.80. The first-order valence-corrected chi connectivity index (χ1v) is 9.59. The highest BCUT2D eigenvalue weighted by Crippen LogP contribution is 2.30. The molecule has 0 saturated heterocycles. The number of rotatable bonds is 9. The number of nitrogens with zero attached hydrogens (tertiary/aromatic N) is 3. The highest BCUT2D eigenvalue weighted by atomic mass is 32.1. The van der Waals surface area contributed by atoms with Gasteiger partial charge in [0.25, 0.3) is 0 Å². The molecule has 0 fully saturated rings. The molecular formula is C20H21N3O5S. The molecule has 3 rings (SSSR count). The summed E-state index contributed by atoms with van der Waals surface area (Å²) >= 11 is 1.24. The lowest BCUT2D eigenvalue weighted by Crippen LogP contribution is -2.28. The lowest BCUT2D eigenvalue weighted by Gasteiger charge is -2.28. The maximum absolute atomic E-state index is 11.1. The summed E-state index contributed by atoms with van der Waals surface area (Å²) in [7, 11) is 3.09. The fraction of sp³-hybridized carbons (Fsp3) is 0.250. The van der Waals surface area contributed by atoms with Crippen LogP contribution >= 0.6 is 11.3 Å². The van der Waals surface area contributed by atoms with Gasteiger partial charge in [0.1, 0.15) is 22.7 Å². The van der Waals surface area contributed by atoms with E-state index in [2.05, 4.69) is 9.97 Å². The van der Waals surface area contributed by atoms with Crippen LogP contribution in [0.3, 0.4) is 0 Å². The summed E-state index contributed by atoms with van der Waals surface area (Å²) in [5.74, 6) is 0.0422. The summed E-state index contributed by atoms with van der Waals surface area (Å²) in [6, 6.07) is 8.91. The molecule has 29 heavy (non-hydrogen) atoms. The molecule has 1 atom stereocenters. The molecule has 3 aromatic rings. The van der Waals surface area contributed by atoms with Crippen molar-refractivity contribution in [2.45, 2.75) is 19.3 Å². The molecule has 0 aliphatic heterocycles. The highest BCUT2D eigenvalue weighted by Gasteiger charge is 2.22. The molecule has 9 heteroatoms. The summed E-state index contributed by atoms with van der Waals surface area (Å²) < 4.78 is 10.6. The number of aromatic nitrogens is 2. The maximum atomic E-state index is 11.1. The Kier molecular flexibility index (Phi) is 6.76. The van der Waals surface area contributed by atoms with Gasteiger partial charge in [0, 0.05) is 35.9 Å². The predicted octanol–water partition coefficient (Wildman–Crippen LogP) is 2.95. The van der Waals surface area contributed by atoms with Gasteiger partial charge in [-0.3, -0.25) is 9.88 Å². The molecule has 1 unspecified atom stereocenters. The SMILES string of the molecule is COc1cc(OC)cc(C(O)N(Cc2ccncc2)Cc2nc(C(=O)O)cs2)c1. The number of aromatic carboxylic acids is 1.